The molecule has 0 spiro atoms. The predicted molar refractivity (Wildman–Crippen MR) is 130 cm³/mol. The maximum absolute atomic E-state index is 14.4. The van der Waals surface area contributed by atoms with Gasteiger partial charge in [-0.3, -0.25) is 4.79 Å². The Kier molecular flexibility index (Phi) is 10.4. The minimum Gasteiger partial charge on any atom is -0.487 e. The van der Waals surface area contributed by atoms with Crippen molar-refractivity contribution in [3.8, 4) is 11.8 Å². The summed E-state index contributed by atoms with van der Waals surface area (Å²) in [6.07, 6.45) is 2.99. The summed E-state index contributed by atoms with van der Waals surface area (Å²) in [5, 5.41) is 15.8. The van der Waals surface area contributed by atoms with Crippen LogP contribution in [0.25, 0.3) is 0 Å². The zero-order valence-electron chi connectivity index (χ0n) is 20.0. The molecule has 0 bridgehead atoms. The molecule has 0 aliphatic carbocycles. The number of esters is 1. The summed E-state index contributed by atoms with van der Waals surface area (Å²) in [5.74, 6) is 0.895. The van der Waals surface area contributed by atoms with Crippen molar-refractivity contribution in [3.05, 3.63) is 30.0 Å². The van der Waals surface area contributed by atoms with Crippen molar-refractivity contribution in [2.24, 2.45) is 5.73 Å². The Morgan fingerprint density at radius 2 is 2.06 bits per heavy atom. The smallest absolute Gasteiger partial charge is 0.319 e. The van der Waals surface area contributed by atoms with Gasteiger partial charge in [0.1, 0.15) is 30.8 Å². The summed E-state index contributed by atoms with van der Waals surface area (Å²) in [6.45, 7) is 1.73. The number of nitrogens with one attached hydrogen (secondary N) is 2. The lowest BCUT2D eigenvalue weighted by molar-refractivity contribution is -0.143. The summed E-state index contributed by atoms with van der Waals surface area (Å²) >= 11 is 0. The van der Waals surface area contributed by atoms with E-state index in [4.69, 9.17) is 29.9 Å². The Labute approximate surface area is 208 Å². The summed E-state index contributed by atoms with van der Waals surface area (Å²) in [6, 6.07) is 6.86. The van der Waals surface area contributed by atoms with E-state index in [-0.39, 0.29) is 50.5 Å². The zero-order valence-corrected chi connectivity index (χ0v) is 20.0. The highest BCUT2D eigenvalue weighted by Crippen LogP contribution is 2.36. The van der Waals surface area contributed by atoms with Crippen LogP contribution in [0.4, 0.5) is 27.6 Å². The molecular weight excluding hydrogens is 473 g/mol. The molecule has 0 radical (unpaired) electrons. The van der Waals surface area contributed by atoms with Crippen LogP contribution in [0.1, 0.15) is 18.4 Å². The molecule has 36 heavy (non-hydrogen) atoms. The lowest BCUT2D eigenvalue weighted by atomic mass is 10.1. The highest BCUT2D eigenvalue weighted by atomic mass is 19.2. The molecule has 2 aromatic heterocycles. The van der Waals surface area contributed by atoms with E-state index in [0.717, 1.165) is 12.8 Å². The highest BCUT2D eigenvalue weighted by molar-refractivity contribution is 5.75. The van der Waals surface area contributed by atoms with Crippen LogP contribution in [0.2, 0.25) is 0 Å². The number of ether oxygens (including phenoxy) is 4. The van der Waals surface area contributed by atoms with Gasteiger partial charge < -0.3 is 35.3 Å². The minimum atomic E-state index is -0.502. The molecule has 1 fully saturated rings. The van der Waals surface area contributed by atoms with Gasteiger partial charge in [-0.25, -0.2) is 15.1 Å². The van der Waals surface area contributed by atoms with Crippen LogP contribution in [-0.2, 0) is 19.0 Å². The average Bonchev–Trinajstić information content (AvgIpc) is 2.89. The van der Waals surface area contributed by atoms with Gasteiger partial charge >= 0.3 is 5.97 Å². The lowest BCUT2D eigenvalue weighted by Gasteiger charge is -2.26. The Bertz CT molecular complexity index is 1030. The van der Waals surface area contributed by atoms with E-state index in [1.807, 2.05) is 6.07 Å². The number of anilines is 4. The summed E-state index contributed by atoms with van der Waals surface area (Å²) < 4.78 is 36.0. The number of carbonyl (C=O) groups is 1. The maximum Gasteiger partial charge on any atom is 0.319 e. The van der Waals surface area contributed by atoms with Crippen LogP contribution >= 0.6 is 0 Å². The molecule has 3 rings (SSSR count). The summed E-state index contributed by atoms with van der Waals surface area (Å²) in [5.41, 5.74) is 5.71. The first-order valence-corrected chi connectivity index (χ1v) is 11.5. The average molecular weight is 504 g/mol. The molecule has 1 saturated heterocycles. The molecule has 0 unspecified atom stereocenters. The fraction of sp³-hybridized carbons (Fsp3) is 0.478. The molecule has 13 heteroatoms. The molecule has 4 N–H and O–H groups in total. The van der Waals surface area contributed by atoms with Gasteiger partial charge in [-0.2, -0.15) is 5.26 Å². The third-order valence-corrected chi connectivity index (χ3v) is 5.14. The van der Waals surface area contributed by atoms with Gasteiger partial charge in [-0.05, 0) is 25.0 Å². The number of carbonyl (C=O) groups excluding carboxylic acids is 1. The van der Waals surface area contributed by atoms with Crippen LogP contribution in [0.15, 0.2) is 24.4 Å². The number of hydrogen-bond acceptors (Lipinski definition) is 12. The van der Waals surface area contributed by atoms with E-state index < -0.39 is 5.97 Å². The quantitative estimate of drug-likeness (QED) is 0.207. The van der Waals surface area contributed by atoms with Crippen LogP contribution in [-0.4, -0.2) is 75.2 Å². The number of nitrogens with two attached hydrogens (primary N) is 1. The number of nitriles is 1. The van der Waals surface area contributed by atoms with Gasteiger partial charge in [0, 0.05) is 38.6 Å². The van der Waals surface area contributed by atoms with Gasteiger partial charge in [-0.15, -0.1) is 4.48 Å². The first-order valence-electron chi connectivity index (χ1n) is 11.5. The van der Waals surface area contributed by atoms with Gasteiger partial charge in [0.05, 0.1) is 25.3 Å². The summed E-state index contributed by atoms with van der Waals surface area (Å²) in [7, 11) is 1.25. The van der Waals surface area contributed by atoms with E-state index in [0.29, 0.717) is 41.3 Å². The third kappa shape index (κ3) is 8.19. The first kappa shape index (κ1) is 26.9. The van der Waals surface area contributed by atoms with Crippen LogP contribution in [0.3, 0.4) is 0 Å². The van der Waals surface area contributed by atoms with E-state index in [9.17, 15) is 9.28 Å². The second-order valence-corrected chi connectivity index (χ2v) is 7.77. The van der Waals surface area contributed by atoms with Crippen molar-refractivity contribution in [2.75, 3.05) is 69.0 Å². The number of aromatic nitrogens is 2. The van der Waals surface area contributed by atoms with Crippen molar-refractivity contribution in [1.29, 1.82) is 5.26 Å². The van der Waals surface area contributed by atoms with E-state index >= 15 is 0 Å². The topological polar surface area (TPSA) is 157 Å². The largest absolute Gasteiger partial charge is 0.487 e. The second kappa shape index (κ2) is 14.0. The summed E-state index contributed by atoms with van der Waals surface area (Å²) in [4.78, 5) is 19.8. The standard InChI is InChI=1S/C23H30FN7O5/c1-31(24)18-12-19(35-10-8-34-9-11-36-21(32)14-26)23(28-17-4-6-33-7-5-17)30-22(18)29-20-3-2-16(13-25)15-27-20/h2-3,12,15,17H,4-11,14,26H2,1H3,(H2,27,28,29,30). The predicted octanol–water partition coefficient (Wildman–Crippen LogP) is 1.90. The molecular formula is C23H30FN7O5. The monoisotopic (exact) mass is 503 g/mol. The number of pyridine rings is 2. The SMILES string of the molecule is CN(F)c1cc(OCCOCCOC(=O)CN)c(NC2CCOCC2)nc1Nc1ccc(C#N)cn1. The van der Waals surface area contributed by atoms with Gasteiger partial charge in [0.25, 0.3) is 0 Å². The van der Waals surface area contributed by atoms with E-state index in [2.05, 4.69) is 20.6 Å². The van der Waals surface area contributed by atoms with E-state index in [1.165, 1.54) is 19.3 Å². The molecule has 194 valence electrons. The number of nitrogens with zero attached hydrogens (tertiary/aromatic N) is 4. The van der Waals surface area contributed by atoms with E-state index in [1.54, 1.807) is 12.1 Å². The number of hydrogen-bond donors (Lipinski definition) is 3. The van der Waals surface area contributed by atoms with Crippen LogP contribution < -0.4 is 26.2 Å². The molecule has 2 aromatic rings. The highest BCUT2D eigenvalue weighted by Gasteiger charge is 2.21. The fourth-order valence-corrected chi connectivity index (χ4v) is 3.30. The molecule has 12 nitrogen and oxygen atoms in total. The molecule has 1 aliphatic rings. The van der Waals surface area contributed by atoms with Crippen molar-refractivity contribution < 1.29 is 28.2 Å². The molecule has 0 atom stereocenters. The van der Waals surface area contributed by atoms with Crippen molar-refractivity contribution in [3.63, 3.8) is 0 Å². The van der Waals surface area contributed by atoms with Gasteiger partial charge in [-0.1, -0.05) is 0 Å². The number of halogens is 1. The number of rotatable bonds is 13. The maximum atomic E-state index is 14.4. The Morgan fingerprint density at radius 1 is 1.28 bits per heavy atom. The second-order valence-electron chi connectivity index (χ2n) is 7.77. The fourth-order valence-electron chi connectivity index (χ4n) is 3.30. The van der Waals surface area contributed by atoms with Crippen molar-refractivity contribution >= 4 is 29.1 Å². The molecule has 3 heterocycles. The lowest BCUT2D eigenvalue weighted by Crippen LogP contribution is -2.28. The molecule has 0 amide bonds. The molecule has 0 saturated carbocycles. The Hall–Kier alpha value is -3.73. The van der Waals surface area contributed by atoms with Gasteiger partial charge in [0.15, 0.2) is 17.4 Å². The normalized spacial score (nSPS) is 13.5. The molecule has 1 aliphatic heterocycles. The molecule has 0 aromatic carbocycles. The third-order valence-electron chi connectivity index (χ3n) is 5.14. The van der Waals surface area contributed by atoms with Gasteiger partial charge in [0.2, 0.25) is 0 Å². The first-order chi connectivity index (χ1) is 17.5. The minimum absolute atomic E-state index is 0.0920. The Morgan fingerprint density at radius 3 is 2.72 bits per heavy atom. The van der Waals surface area contributed by atoms with Crippen LogP contribution in [0, 0.1) is 11.3 Å². The van der Waals surface area contributed by atoms with Crippen LogP contribution in [0.5, 0.6) is 5.75 Å². The zero-order chi connectivity index (χ0) is 25.8. The Balaban J connectivity index is 1.73. The van der Waals surface area contributed by atoms with Crippen molar-refractivity contribution in [2.45, 2.75) is 18.9 Å². The van der Waals surface area contributed by atoms with Crippen molar-refractivity contribution in [1.82, 2.24) is 9.97 Å².